The number of unbranched alkanes of at least 4 members (excludes halogenated alkanes) is 2. The Labute approximate surface area is 143 Å². The fourth-order valence-electron chi connectivity index (χ4n) is 2.43. The van der Waals surface area contributed by atoms with Crippen molar-refractivity contribution in [1.82, 2.24) is 4.72 Å². The molecule has 2 rings (SSSR count). The van der Waals surface area contributed by atoms with Crippen LogP contribution < -0.4 is 15.2 Å². The molecule has 1 aromatic carbocycles. The van der Waals surface area contributed by atoms with E-state index in [0.29, 0.717) is 36.8 Å². The van der Waals surface area contributed by atoms with Crippen molar-refractivity contribution in [2.45, 2.75) is 45.1 Å². The average Bonchev–Trinajstić information content (AvgIpc) is 3.33. The van der Waals surface area contributed by atoms with Gasteiger partial charge < -0.3 is 10.5 Å². The largest absolute Gasteiger partial charge is 0.493 e. The first-order valence-corrected chi connectivity index (χ1v) is 10.2. The number of sulfonamides is 1. The van der Waals surface area contributed by atoms with E-state index in [1.165, 1.54) is 12.1 Å². The van der Waals surface area contributed by atoms with Crippen LogP contribution in [-0.2, 0) is 10.0 Å². The van der Waals surface area contributed by atoms with Crippen molar-refractivity contribution >= 4 is 10.0 Å². The summed E-state index contributed by atoms with van der Waals surface area (Å²) in [6.07, 6.45) is 4.48. The Balaban J connectivity index is 1.93. The molecule has 1 aliphatic carbocycles. The molecule has 0 saturated heterocycles. The third kappa shape index (κ3) is 6.75. The van der Waals surface area contributed by atoms with Crippen LogP contribution in [0.1, 0.15) is 50.6 Å². The second-order valence-corrected chi connectivity index (χ2v) is 8.36. The van der Waals surface area contributed by atoms with Crippen LogP contribution in [0.5, 0.6) is 5.75 Å². The van der Waals surface area contributed by atoms with Crippen molar-refractivity contribution in [3.63, 3.8) is 0 Å². The zero-order valence-corrected chi connectivity index (χ0v) is 14.9. The van der Waals surface area contributed by atoms with Crippen molar-refractivity contribution < 1.29 is 17.5 Å². The van der Waals surface area contributed by atoms with Gasteiger partial charge in [-0.05, 0) is 62.8 Å². The Bertz CT molecular complexity index is 633. The van der Waals surface area contributed by atoms with Gasteiger partial charge in [0, 0.05) is 12.1 Å². The zero-order chi connectivity index (χ0) is 17.6. The molecule has 0 radical (unpaired) electrons. The molecule has 1 fully saturated rings. The summed E-state index contributed by atoms with van der Waals surface area (Å²) in [4.78, 5) is 0. The smallest absolute Gasteiger partial charge is 0.212 e. The molecule has 0 aliphatic heterocycles. The second kappa shape index (κ2) is 8.78. The lowest BCUT2D eigenvalue weighted by Crippen LogP contribution is -2.29. The Morgan fingerprint density at radius 2 is 2.04 bits per heavy atom. The van der Waals surface area contributed by atoms with E-state index in [-0.39, 0.29) is 5.75 Å². The summed E-state index contributed by atoms with van der Waals surface area (Å²) >= 11 is 0. The number of halogens is 1. The maximum Gasteiger partial charge on any atom is 0.212 e. The summed E-state index contributed by atoms with van der Waals surface area (Å²) in [5, 5.41) is 0. The molecular weight excluding hydrogens is 331 g/mol. The predicted octanol–water partition coefficient (Wildman–Crippen LogP) is 2.72. The molecule has 1 aliphatic rings. The molecule has 0 spiro atoms. The van der Waals surface area contributed by atoms with E-state index in [0.717, 1.165) is 25.7 Å². The molecule has 0 heterocycles. The van der Waals surface area contributed by atoms with Crippen molar-refractivity contribution in [2.75, 3.05) is 18.9 Å². The zero-order valence-electron chi connectivity index (χ0n) is 14.1. The Hall–Kier alpha value is -1.18. The Morgan fingerprint density at radius 1 is 1.29 bits per heavy atom. The summed E-state index contributed by atoms with van der Waals surface area (Å²) in [6, 6.07) is 3.86. The van der Waals surface area contributed by atoms with Gasteiger partial charge in [0.2, 0.25) is 10.0 Å². The number of hydrogen-bond acceptors (Lipinski definition) is 4. The number of nitrogens with two attached hydrogens (primary N) is 1. The standard InChI is InChI=1S/C17H27FN2O3S/c1-13(20-24(21,22)8-4-2-3-7-19)15-9-16(18)11-17(10-15)23-12-14-5-6-14/h9-11,13-14,20H,2-8,12,19H2,1H3. The Kier molecular flexibility index (Phi) is 7.01. The van der Waals surface area contributed by atoms with Crippen molar-refractivity contribution in [3.05, 3.63) is 29.6 Å². The monoisotopic (exact) mass is 358 g/mol. The highest BCUT2D eigenvalue weighted by atomic mass is 32.2. The van der Waals surface area contributed by atoms with Gasteiger partial charge in [-0.25, -0.2) is 17.5 Å². The molecule has 1 unspecified atom stereocenters. The van der Waals surface area contributed by atoms with Gasteiger partial charge in [-0.15, -0.1) is 0 Å². The third-order valence-corrected chi connectivity index (χ3v) is 5.59. The SMILES string of the molecule is CC(NS(=O)(=O)CCCCCN)c1cc(F)cc(OCC2CC2)c1. The maximum atomic E-state index is 13.8. The van der Waals surface area contributed by atoms with E-state index in [4.69, 9.17) is 10.5 Å². The van der Waals surface area contributed by atoms with Gasteiger partial charge in [0.25, 0.3) is 0 Å². The van der Waals surface area contributed by atoms with Crippen LogP contribution in [0.4, 0.5) is 4.39 Å². The van der Waals surface area contributed by atoms with Gasteiger partial charge in [0.05, 0.1) is 12.4 Å². The van der Waals surface area contributed by atoms with Crippen molar-refractivity contribution in [3.8, 4) is 5.75 Å². The van der Waals surface area contributed by atoms with Crippen LogP contribution in [0, 0.1) is 11.7 Å². The minimum absolute atomic E-state index is 0.0533. The fraction of sp³-hybridized carbons (Fsp3) is 0.647. The van der Waals surface area contributed by atoms with Gasteiger partial charge in [0.1, 0.15) is 11.6 Å². The van der Waals surface area contributed by atoms with E-state index in [2.05, 4.69) is 4.72 Å². The molecule has 24 heavy (non-hydrogen) atoms. The quantitative estimate of drug-likeness (QED) is 0.596. The second-order valence-electron chi connectivity index (χ2n) is 6.48. The minimum Gasteiger partial charge on any atom is -0.493 e. The molecule has 3 N–H and O–H groups in total. The predicted molar refractivity (Wildman–Crippen MR) is 92.9 cm³/mol. The summed E-state index contributed by atoms with van der Waals surface area (Å²) in [5.74, 6) is 0.650. The normalized spacial score (nSPS) is 16.1. The van der Waals surface area contributed by atoms with E-state index >= 15 is 0 Å². The minimum atomic E-state index is -3.40. The van der Waals surface area contributed by atoms with Crippen LogP contribution in [0.25, 0.3) is 0 Å². The first-order chi connectivity index (χ1) is 11.4. The first-order valence-electron chi connectivity index (χ1n) is 8.53. The number of benzene rings is 1. The van der Waals surface area contributed by atoms with Crippen molar-refractivity contribution in [2.24, 2.45) is 11.7 Å². The van der Waals surface area contributed by atoms with Gasteiger partial charge in [-0.3, -0.25) is 0 Å². The lowest BCUT2D eigenvalue weighted by Gasteiger charge is -2.16. The van der Waals surface area contributed by atoms with E-state index in [9.17, 15) is 12.8 Å². The molecule has 136 valence electrons. The van der Waals surface area contributed by atoms with Crippen LogP contribution in [0.15, 0.2) is 18.2 Å². The molecule has 1 saturated carbocycles. The van der Waals surface area contributed by atoms with Gasteiger partial charge in [-0.2, -0.15) is 0 Å². The van der Waals surface area contributed by atoms with E-state index in [1.54, 1.807) is 13.0 Å². The summed E-state index contributed by atoms with van der Waals surface area (Å²) in [7, 11) is -3.40. The van der Waals surface area contributed by atoms with Gasteiger partial charge in [0.15, 0.2) is 0 Å². The van der Waals surface area contributed by atoms with Crippen molar-refractivity contribution in [1.29, 1.82) is 0 Å². The molecule has 0 bridgehead atoms. The topological polar surface area (TPSA) is 81.4 Å². The van der Waals surface area contributed by atoms with Gasteiger partial charge in [-0.1, -0.05) is 6.42 Å². The molecule has 0 amide bonds. The highest BCUT2D eigenvalue weighted by Crippen LogP contribution is 2.30. The average molecular weight is 358 g/mol. The van der Waals surface area contributed by atoms with Crippen LogP contribution in [0.2, 0.25) is 0 Å². The highest BCUT2D eigenvalue weighted by Gasteiger charge is 2.22. The summed E-state index contributed by atoms with van der Waals surface area (Å²) < 4.78 is 46.2. The molecule has 7 heteroatoms. The van der Waals surface area contributed by atoms with Gasteiger partial charge >= 0.3 is 0 Å². The third-order valence-electron chi connectivity index (χ3n) is 4.05. The first kappa shape index (κ1) is 19.1. The fourth-order valence-corrected chi connectivity index (χ4v) is 3.80. The number of hydrogen-bond donors (Lipinski definition) is 2. The lowest BCUT2D eigenvalue weighted by molar-refractivity contribution is 0.298. The van der Waals surface area contributed by atoms with Crippen LogP contribution >= 0.6 is 0 Å². The molecular formula is C17H27FN2O3S. The Morgan fingerprint density at radius 3 is 2.71 bits per heavy atom. The number of ether oxygens (including phenoxy) is 1. The molecule has 1 atom stereocenters. The number of rotatable bonds is 11. The maximum absolute atomic E-state index is 13.8. The lowest BCUT2D eigenvalue weighted by atomic mass is 10.1. The van der Waals surface area contributed by atoms with Crippen LogP contribution in [-0.4, -0.2) is 27.3 Å². The molecule has 0 aromatic heterocycles. The summed E-state index contributed by atoms with van der Waals surface area (Å²) in [5.41, 5.74) is 5.96. The van der Waals surface area contributed by atoms with E-state index < -0.39 is 21.9 Å². The van der Waals surface area contributed by atoms with Crippen LogP contribution in [0.3, 0.4) is 0 Å². The van der Waals surface area contributed by atoms with E-state index in [1.807, 2.05) is 0 Å². The number of nitrogens with one attached hydrogen (secondary N) is 1. The molecule has 5 nitrogen and oxygen atoms in total. The summed E-state index contributed by atoms with van der Waals surface area (Å²) in [6.45, 7) is 2.86. The highest BCUT2D eigenvalue weighted by molar-refractivity contribution is 7.89. The molecule has 1 aromatic rings.